The number of hydrogen-bond donors (Lipinski definition) is 2. The molecule has 0 aromatic heterocycles. The SMILES string of the molecule is CCOC(=O)N[C@@H](Cc1ccccc1)C(=O)N/N=C\c1ccc(OCc2ccc(Cl)c(Cl)c2)c(OC)c1. The number of halogens is 2. The van der Waals surface area contributed by atoms with Crippen LogP contribution >= 0.6 is 23.2 Å². The summed E-state index contributed by atoms with van der Waals surface area (Å²) in [4.78, 5) is 24.7. The zero-order valence-corrected chi connectivity index (χ0v) is 21.9. The lowest BCUT2D eigenvalue weighted by atomic mass is 10.1. The minimum absolute atomic E-state index is 0.193. The van der Waals surface area contributed by atoms with Gasteiger partial charge in [-0.05, 0) is 53.9 Å². The molecule has 3 rings (SSSR count). The predicted octanol–water partition coefficient (Wildman–Crippen LogP) is 5.39. The average molecular weight is 544 g/mol. The summed E-state index contributed by atoms with van der Waals surface area (Å²) < 4.78 is 16.2. The Hall–Kier alpha value is -3.75. The minimum atomic E-state index is -0.870. The minimum Gasteiger partial charge on any atom is -0.493 e. The second-order valence-corrected chi connectivity index (χ2v) is 8.60. The van der Waals surface area contributed by atoms with E-state index in [-0.39, 0.29) is 19.6 Å². The summed E-state index contributed by atoms with van der Waals surface area (Å²) in [5.74, 6) is 0.527. The number of nitrogens with zero attached hydrogens (tertiary/aromatic N) is 1. The molecule has 0 saturated heterocycles. The molecule has 0 radical (unpaired) electrons. The molecule has 0 aliphatic rings. The van der Waals surface area contributed by atoms with E-state index in [2.05, 4.69) is 15.8 Å². The number of carbonyl (C=O) groups is 2. The third-order valence-electron chi connectivity index (χ3n) is 5.12. The van der Waals surface area contributed by atoms with Crippen molar-refractivity contribution in [2.75, 3.05) is 13.7 Å². The molecule has 3 aromatic carbocycles. The molecule has 8 nitrogen and oxygen atoms in total. The first-order valence-corrected chi connectivity index (χ1v) is 12.2. The van der Waals surface area contributed by atoms with Gasteiger partial charge in [0.1, 0.15) is 12.6 Å². The number of alkyl carbamates (subject to hydrolysis) is 1. The molecule has 0 saturated carbocycles. The smallest absolute Gasteiger partial charge is 0.407 e. The van der Waals surface area contributed by atoms with Crippen LogP contribution in [0.5, 0.6) is 11.5 Å². The number of benzene rings is 3. The molecule has 0 heterocycles. The molecule has 0 aliphatic heterocycles. The van der Waals surface area contributed by atoms with Gasteiger partial charge in [0.05, 0.1) is 30.0 Å². The molecule has 1 atom stereocenters. The van der Waals surface area contributed by atoms with Crippen molar-refractivity contribution in [3.8, 4) is 11.5 Å². The number of rotatable bonds is 11. The van der Waals surface area contributed by atoms with Crippen molar-refractivity contribution in [1.29, 1.82) is 0 Å². The number of hydrazone groups is 1. The van der Waals surface area contributed by atoms with Gasteiger partial charge in [-0.25, -0.2) is 10.2 Å². The van der Waals surface area contributed by atoms with Crippen molar-refractivity contribution < 1.29 is 23.8 Å². The number of methoxy groups -OCH3 is 1. The van der Waals surface area contributed by atoms with Crippen molar-refractivity contribution in [3.63, 3.8) is 0 Å². The number of amides is 2. The summed E-state index contributed by atoms with van der Waals surface area (Å²) in [6, 6.07) is 19.0. The fraction of sp³-hybridized carbons (Fsp3) is 0.222. The van der Waals surface area contributed by atoms with Gasteiger partial charge in [0.15, 0.2) is 11.5 Å². The average Bonchev–Trinajstić information content (AvgIpc) is 2.90. The van der Waals surface area contributed by atoms with Crippen LogP contribution < -0.4 is 20.2 Å². The highest BCUT2D eigenvalue weighted by atomic mass is 35.5. The first-order valence-electron chi connectivity index (χ1n) is 11.4. The van der Waals surface area contributed by atoms with Crippen molar-refractivity contribution in [2.24, 2.45) is 5.10 Å². The van der Waals surface area contributed by atoms with E-state index in [0.29, 0.717) is 27.1 Å². The lowest BCUT2D eigenvalue weighted by Crippen LogP contribution is -2.47. The molecule has 0 spiro atoms. The van der Waals surface area contributed by atoms with E-state index in [1.54, 1.807) is 37.3 Å². The Morgan fingerprint density at radius 1 is 0.973 bits per heavy atom. The van der Waals surface area contributed by atoms with Gasteiger partial charge in [-0.3, -0.25) is 4.79 Å². The highest BCUT2D eigenvalue weighted by molar-refractivity contribution is 6.42. The zero-order valence-electron chi connectivity index (χ0n) is 20.4. The Balaban J connectivity index is 1.63. The second kappa shape index (κ2) is 14.1. The second-order valence-electron chi connectivity index (χ2n) is 7.79. The maximum absolute atomic E-state index is 12.8. The first-order chi connectivity index (χ1) is 17.9. The third kappa shape index (κ3) is 8.70. The van der Waals surface area contributed by atoms with Gasteiger partial charge in [0.2, 0.25) is 0 Å². The molecule has 194 valence electrons. The molecule has 0 unspecified atom stereocenters. The normalized spacial score (nSPS) is 11.6. The molecular formula is C27H27Cl2N3O5. The van der Waals surface area contributed by atoms with Gasteiger partial charge < -0.3 is 19.5 Å². The summed E-state index contributed by atoms with van der Waals surface area (Å²) in [7, 11) is 1.53. The fourth-order valence-electron chi connectivity index (χ4n) is 3.30. The maximum atomic E-state index is 12.8. The van der Waals surface area contributed by atoms with Crippen molar-refractivity contribution >= 4 is 41.4 Å². The Morgan fingerprint density at radius 2 is 1.76 bits per heavy atom. The largest absolute Gasteiger partial charge is 0.493 e. The van der Waals surface area contributed by atoms with Crippen LogP contribution in [-0.2, 0) is 22.6 Å². The van der Waals surface area contributed by atoms with Gasteiger partial charge >= 0.3 is 6.09 Å². The van der Waals surface area contributed by atoms with Crippen LogP contribution in [0.3, 0.4) is 0 Å². The molecule has 2 amide bonds. The number of nitrogens with one attached hydrogen (secondary N) is 2. The Labute approximate surface area is 225 Å². The van der Waals surface area contributed by atoms with Gasteiger partial charge in [-0.15, -0.1) is 0 Å². The number of hydrogen-bond acceptors (Lipinski definition) is 6. The Morgan fingerprint density at radius 3 is 2.46 bits per heavy atom. The van der Waals surface area contributed by atoms with E-state index < -0.39 is 18.0 Å². The van der Waals surface area contributed by atoms with Gasteiger partial charge in [0, 0.05) is 6.42 Å². The van der Waals surface area contributed by atoms with E-state index in [1.807, 2.05) is 36.4 Å². The predicted molar refractivity (Wildman–Crippen MR) is 144 cm³/mol. The highest BCUT2D eigenvalue weighted by Gasteiger charge is 2.21. The van der Waals surface area contributed by atoms with Crippen LogP contribution in [0.15, 0.2) is 71.8 Å². The van der Waals surface area contributed by atoms with E-state index in [1.165, 1.54) is 13.3 Å². The van der Waals surface area contributed by atoms with Crippen molar-refractivity contribution in [3.05, 3.63) is 93.5 Å². The van der Waals surface area contributed by atoms with Gasteiger partial charge in [-0.2, -0.15) is 5.10 Å². The molecule has 3 aromatic rings. The lowest BCUT2D eigenvalue weighted by Gasteiger charge is -2.16. The van der Waals surface area contributed by atoms with Crippen LogP contribution in [-0.4, -0.2) is 38.0 Å². The highest BCUT2D eigenvalue weighted by Crippen LogP contribution is 2.29. The molecule has 0 fully saturated rings. The zero-order chi connectivity index (χ0) is 26.6. The van der Waals surface area contributed by atoms with Crippen LogP contribution in [0.1, 0.15) is 23.6 Å². The fourth-order valence-corrected chi connectivity index (χ4v) is 3.62. The number of ether oxygens (including phenoxy) is 3. The Kier molecular flexibility index (Phi) is 10.6. The molecule has 0 bridgehead atoms. The van der Waals surface area contributed by atoms with Crippen LogP contribution in [0.4, 0.5) is 4.79 Å². The molecule has 0 aliphatic carbocycles. The molecule has 2 N–H and O–H groups in total. The summed E-state index contributed by atoms with van der Waals surface area (Å²) >= 11 is 12.0. The van der Waals surface area contributed by atoms with Crippen LogP contribution in [0, 0.1) is 0 Å². The topological polar surface area (TPSA) is 98.2 Å². The quantitative estimate of drug-likeness (QED) is 0.249. The Bertz CT molecular complexity index is 1240. The van der Waals surface area contributed by atoms with E-state index in [9.17, 15) is 9.59 Å². The van der Waals surface area contributed by atoms with E-state index >= 15 is 0 Å². The standard InChI is InChI=1S/C27H27Cl2N3O5/c1-3-36-27(34)31-23(14-18-7-5-4-6-8-18)26(33)32-30-16-19-10-12-24(25(15-19)35-2)37-17-20-9-11-21(28)22(29)13-20/h4-13,15-16,23H,3,14,17H2,1-2H3,(H,31,34)(H,32,33)/b30-16-/t23-/m0/s1. The number of carbonyl (C=O) groups excluding carboxylic acids is 2. The van der Waals surface area contributed by atoms with Gasteiger partial charge in [-0.1, -0.05) is 59.6 Å². The summed E-state index contributed by atoms with van der Waals surface area (Å²) in [6.45, 7) is 2.15. The first kappa shape index (κ1) is 27.8. The molecule has 10 heteroatoms. The van der Waals surface area contributed by atoms with Crippen molar-refractivity contribution in [2.45, 2.75) is 26.0 Å². The summed E-state index contributed by atoms with van der Waals surface area (Å²) in [6.07, 6.45) is 1.07. The lowest BCUT2D eigenvalue weighted by molar-refractivity contribution is -0.123. The van der Waals surface area contributed by atoms with Gasteiger partial charge in [0.25, 0.3) is 5.91 Å². The maximum Gasteiger partial charge on any atom is 0.407 e. The molecular weight excluding hydrogens is 517 g/mol. The van der Waals surface area contributed by atoms with Crippen LogP contribution in [0.25, 0.3) is 0 Å². The van der Waals surface area contributed by atoms with E-state index in [0.717, 1.165) is 11.1 Å². The summed E-state index contributed by atoms with van der Waals surface area (Å²) in [5.41, 5.74) is 4.87. The monoisotopic (exact) mass is 543 g/mol. The van der Waals surface area contributed by atoms with Crippen molar-refractivity contribution in [1.82, 2.24) is 10.7 Å². The van der Waals surface area contributed by atoms with Crippen LogP contribution in [0.2, 0.25) is 10.0 Å². The third-order valence-corrected chi connectivity index (χ3v) is 5.86. The molecule has 37 heavy (non-hydrogen) atoms. The van der Waals surface area contributed by atoms with E-state index in [4.69, 9.17) is 37.4 Å². The summed E-state index contributed by atoms with van der Waals surface area (Å²) in [5, 5.41) is 7.53.